The molecule has 31 heavy (non-hydrogen) atoms. The predicted molar refractivity (Wildman–Crippen MR) is 111 cm³/mol. The predicted octanol–water partition coefficient (Wildman–Crippen LogP) is 2.12. The molecule has 4 heterocycles. The Morgan fingerprint density at radius 3 is 2.94 bits per heavy atom. The lowest BCUT2D eigenvalue weighted by Crippen LogP contribution is -2.41. The van der Waals surface area contributed by atoms with E-state index < -0.39 is 0 Å². The van der Waals surface area contributed by atoms with Crippen LogP contribution in [0.5, 0.6) is 5.88 Å². The molecule has 3 aromatic rings. The van der Waals surface area contributed by atoms with Crippen molar-refractivity contribution in [2.75, 3.05) is 13.1 Å². The molecule has 0 aromatic carbocycles. The summed E-state index contributed by atoms with van der Waals surface area (Å²) in [6.07, 6.45) is 9.91. The van der Waals surface area contributed by atoms with Crippen LogP contribution in [0, 0.1) is 17.2 Å². The molecule has 1 unspecified atom stereocenters. The van der Waals surface area contributed by atoms with Crippen LogP contribution in [-0.2, 0) is 11.3 Å². The molecule has 1 saturated heterocycles. The molecule has 0 radical (unpaired) electrons. The van der Waals surface area contributed by atoms with Crippen LogP contribution in [-0.4, -0.2) is 58.3 Å². The molecular weight excluding hydrogens is 396 g/mol. The monoisotopic (exact) mass is 420 g/mol. The minimum Gasteiger partial charge on any atom is -0.493 e. The third-order valence-corrected chi connectivity index (χ3v) is 5.39. The first kappa shape index (κ1) is 20.5. The maximum Gasteiger partial charge on any atom is 0.244 e. The highest BCUT2D eigenvalue weighted by molar-refractivity contribution is 5.76. The molecule has 1 atom stereocenters. The number of carbonyl (C=O) groups excluding carboxylic acids is 1. The zero-order valence-corrected chi connectivity index (χ0v) is 17.5. The fraction of sp³-hybridized carbons (Fsp3) is 0.429. The molecule has 10 heteroatoms. The van der Waals surface area contributed by atoms with E-state index in [-0.39, 0.29) is 30.2 Å². The van der Waals surface area contributed by atoms with E-state index >= 15 is 0 Å². The Kier molecular flexibility index (Phi) is 5.66. The molecule has 3 aromatic heterocycles. The van der Waals surface area contributed by atoms with E-state index in [2.05, 4.69) is 26.1 Å². The van der Waals surface area contributed by atoms with Crippen molar-refractivity contribution in [3.63, 3.8) is 0 Å². The summed E-state index contributed by atoms with van der Waals surface area (Å²) < 4.78 is 3.18. The van der Waals surface area contributed by atoms with Gasteiger partial charge in [0, 0.05) is 42.8 Å². The fourth-order valence-electron chi connectivity index (χ4n) is 3.81. The highest BCUT2D eigenvalue weighted by Gasteiger charge is 2.24. The minimum atomic E-state index is -0.106. The van der Waals surface area contributed by atoms with Crippen molar-refractivity contribution in [1.82, 2.24) is 34.2 Å². The van der Waals surface area contributed by atoms with E-state index in [0.717, 1.165) is 12.8 Å². The number of rotatable bonds is 5. The third-order valence-electron chi connectivity index (χ3n) is 5.39. The van der Waals surface area contributed by atoms with Gasteiger partial charge in [0.2, 0.25) is 17.7 Å². The maximum absolute atomic E-state index is 12.7. The van der Waals surface area contributed by atoms with Crippen molar-refractivity contribution >= 4 is 5.91 Å². The number of aromatic hydroxyl groups is 1. The summed E-state index contributed by atoms with van der Waals surface area (Å²) in [5.74, 6) is 0.0129. The van der Waals surface area contributed by atoms with E-state index in [1.165, 1.54) is 0 Å². The summed E-state index contributed by atoms with van der Waals surface area (Å²) in [5, 5.41) is 24.1. The number of piperidine rings is 1. The van der Waals surface area contributed by atoms with Crippen molar-refractivity contribution in [2.45, 2.75) is 39.2 Å². The molecular formula is C21H24N8O2. The Balaban J connectivity index is 1.61. The van der Waals surface area contributed by atoms with E-state index in [9.17, 15) is 9.90 Å². The van der Waals surface area contributed by atoms with Crippen LogP contribution in [0.2, 0.25) is 0 Å². The lowest BCUT2D eigenvalue weighted by Gasteiger charge is -2.29. The molecule has 160 valence electrons. The van der Waals surface area contributed by atoms with Gasteiger partial charge >= 0.3 is 0 Å². The molecule has 1 amide bonds. The van der Waals surface area contributed by atoms with E-state index in [1.807, 2.05) is 13.8 Å². The van der Waals surface area contributed by atoms with E-state index in [4.69, 9.17) is 5.26 Å². The number of aromatic nitrogens is 6. The van der Waals surface area contributed by atoms with E-state index in [1.54, 1.807) is 45.3 Å². The molecule has 1 aliphatic heterocycles. The second-order valence-electron chi connectivity index (χ2n) is 7.97. The molecule has 1 fully saturated rings. The zero-order valence-electron chi connectivity index (χ0n) is 17.5. The third kappa shape index (κ3) is 4.26. The fourth-order valence-corrected chi connectivity index (χ4v) is 3.81. The zero-order chi connectivity index (χ0) is 22.0. The van der Waals surface area contributed by atoms with Crippen molar-refractivity contribution in [3.05, 3.63) is 36.7 Å². The normalized spacial score (nSPS) is 16.5. The highest BCUT2D eigenvalue weighted by atomic mass is 16.3. The van der Waals surface area contributed by atoms with Crippen molar-refractivity contribution < 1.29 is 9.90 Å². The van der Waals surface area contributed by atoms with Gasteiger partial charge in [-0.3, -0.25) is 14.0 Å². The number of imidazole rings is 1. The van der Waals surface area contributed by atoms with Gasteiger partial charge in [0.05, 0.1) is 23.9 Å². The Bertz CT molecular complexity index is 1110. The molecule has 0 aliphatic carbocycles. The summed E-state index contributed by atoms with van der Waals surface area (Å²) in [6.45, 7) is 5.12. The standard InChI is InChI=1S/C21H24N8O2/c1-14(2)18-19(25-21(26-20(18)31)28-7-5-23-13-28)16-9-24-29(11-16)12-17(30)27-6-3-4-15(8-22)10-27/h5,7,9,11,13-15H,3-4,6,10,12H2,1-2H3,(H,25,26,31). The molecule has 1 N–H and O–H groups in total. The average Bonchev–Trinajstić information content (AvgIpc) is 3.45. The average molecular weight is 420 g/mol. The van der Waals surface area contributed by atoms with Gasteiger partial charge in [0.25, 0.3) is 0 Å². The topological polar surface area (TPSA) is 126 Å². The highest BCUT2D eigenvalue weighted by Crippen LogP contribution is 2.33. The SMILES string of the molecule is CC(C)c1c(O)nc(-n2ccnc2)nc1-c1cnn(CC(=O)N2CCCC(C#N)C2)c1. The Labute approximate surface area is 179 Å². The van der Waals surface area contributed by atoms with Crippen LogP contribution in [0.4, 0.5) is 0 Å². The first-order chi connectivity index (χ1) is 15.0. The van der Waals surface area contributed by atoms with Gasteiger partial charge < -0.3 is 10.0 Å². The minimum absolute atomic E-state index is 0.0203. The molecule has 0 spiro atoms. The van der Waals surface area contributed by atoms with Gasteiger partial charge in [-0.15, -0.1) is 0 Å². The quantitative estimate of drug-likeness (QED) is 0.670. The van der Waals surface area contributed by atoms with Gasteiger partial charge in [0.15, 0.2) is 0 Å². The largest absolute Gasteiger partial charge is 0.493 e. The second kappa shape index (κ2) is 8.55. The first-order valence-electron chi connectivity index (χ1n) is 10.3. The van der Waals surface area contributed by atoms with Crippen LogP contribution in [0.15, 0.2) is 31.1 Å². The second-order valence-corrected chi connectivity index (χ2v) is 7.97. The maximum atomic E-state index is 12.7. The van der Waals surface area contributed by atoms with Gasteiger partial charge in [-0.05, 0) is 18.8 Å². The Morgan fingerprint density at radius 2 is 2.23 bits per heavy atom. The number of nitriles is 1. The Hall–Kier alpha value is -3.74. The van der Waals surface area contributed by atoms with Crippen LogP contribution in [0.1, 0.15) is 38.2 Å². The van der Waals surface area contributed by atoms with Gasteiger partial charge in [-0.2, -0.15) is 15.3 Å². The summed E-state index contributed by atoms with van der Waals surface area (Å²) >= 11 is 0. The number of nitrogens with zero attached hydrogens (tertiary/aromatic N) is 8. The van der Waals surface area contributed by atoms with Crippen molar-refractivity contribution in [3.8, 4) is 29.2 Å². The summed E-state index contributed by atoms with van der Waals surface area (Å²) in [5.41, 5.74) is 1.86. The van der Waals surface area contributed by atoms with Crippen LogP contribution in [0.3, 0.4) is 0 Å². The van der Waals surface area contributed by atoms with Gasteiger partial charge in [-0.25, -0.2) is 9.97 Å². The summed E-state index contributed by atoms with van der Waals surface area (Å²) in [6, 6.07) is 2.26. The molecule has 4 rings (SSSR count). The van der Waals surface area contributed by atoms with Crippen molar-refractivity contribution in [1.29, 1.82) is 5.26 Å². The van der Waals surface area contributed by atoms with Crippen molar-refractivity contribution in [2.24, 2.45) is 5.92 Å². The lowest BCUT2D eigenvalue weighted by molar-refractivity contribution is -0.133. The van der Waals surface area contributed by atoms with Gasteiger partial charge in [0.1, 0.15) is 12.9 Å². The lowest BCUT2D eigenvalue weighted by atomic mass is 9.99. The van der Waals surface area contributed by atoms with Crippen LogP contribution >= 0.6 is 0 Å². The first-order valence-corrected chi connectivity index (χ1v) is 10.3. The number of hydrogen-bond acceptors (Lipinski definition) is 7. The van der Waals surface area contributed by atoms with Crippen LogP contribution < -0.4 is 0 Å². The number of amides is 1. The summed E-state index contributed by atoms with van der Waals surface area (Å²) in [7, 11) is 0. The molecule has 0 saturated carbocycles. The number of carbonyl (C=O) groups is 1. The molecule has 1 aliphatic rings. The smallest absolute Gasteiger partial charge is 0.244 e. The van der Waals surface area contributed by atoms with Gasteiger partial charge in [-0.1, -0.05) is 13.8 Å². The van der Waals surface area contributed by atoms with Crippen LogP contribution in [0.25, 0.3) is 17.2 Å². The number of likely N-dealkylation sites (tertiary alicyclic amines) is 1. The summed E-state index contributed by atoms with van der Waals surface area (Å²) in [4.78, 5) is 27.3. The molecule has 10 nitrogen and oxygen atoms in total. The van der Waals surface area contributed by atoms with E-state index in [0.29, 0.717) is 35.9 Å². The molecule has 0 bridgehead atoms. The Morgan fingerprint density at radius 1 is 1.39 bits per heavy atom. The number of hydrogen-bond donors (Lipinski definition) is 1.